The van der Waals surface area contributed by atoms with Crippen LogP contribution < -0.4 is 10.2 Å². The number of hydrogen-bond acceptors (Lipinski definition) is 4. The SMILES string of the molecule is CN(Cc1ccccc1)c1ncccc1CNC(=O)C1(O)CCCC1. The maximum Gasteiger partial charge on any atom is 0.252 e. The number of benzene rings is 1. The molecule has 1 fully saturated rings. The number of carbonyl (C=O) groups is 1. The van der Waals surface area contributed by atoms with Crippen LogP contribution in [0.2, 0.25) is 0 Å². The second-order valence-corrected chi connectivity index (χ2v) is 6.75. The van der Waals surface area contributed by atoms with Crippen molar-refractivity contribution >= 4 is 11.7 Å². The lowest BCUT2D eigenvalue weighted by molar-refractivity contribution is -0.139. The van der Waals surface area contributed by atoms with Gasteiger partial charge in [-0.05, 0) is 37.3 Å². The van der Waals surface area contributed by atoms with Crippen LogP contribution in [0.4, 0.5) is 5.82 Å². The Bertz CT molecular complexity index is 712. The van der Waals surface area contributed by atoms with Crippen LogP contribution in [-0.4, -0.2) is 28.6 Å². The lowest BCUT2D eigenvalue weighted by atomic mass is 10.0. The summed E-state index contributed by atoms with van der Waals surface area (Å²) in [6, 6.07) is 14.0. The van der Waals surface area contributed by atoms with Crippen LogP contribution in [0.3, 0.4) is 0 Å². The van der Waals surface area contributed by atoms with E-state index in [1.54, 1.807) is 6.20 Å². The summed E-state index contributed by atoms with van der Waals surface area (Å²) >= 11 is 0. The quantitative estimate of drug-likeness (QED) is 0.849. The van der Waals surface area contributed by atoms with E-state index in [-0.39, 0.29) is 5.91 Å². The van der Waals surface area contributed by atoms with Gasteiger partial charge in [0.15, 0.2) is 0 Å². The van der Waals surface area contributed by atoms with Gasteiger partial charge in [0.1, 0.15) is 11.4 Å². The number of pyridine rings is 1. The van der Waals surface area contributed by atoms with E-state index >= 15 is 0 Å². The van der Waals surface area contributed by atoms with Crippen molar-refractivity contribution in [2.75, 3.05) is 11.9 Å². The Morgan fingerprint density at radius 1 is 1.20 bits per heavy atom. The molecule has 1 aromatic carbocycles. The predicted molar refractivity (Wildman–Crippen MR) is 98.1 cm³/mol. The molecular weight excluding hydrogens is 314 g/mol. The topological polar surface area (TPSA) is 65.5 Å². The number of nitrogens with zero attached hydrogens (tertiary/aromatic N) is 2. The fourth-order valence-corrected chi connectivity index (χ4v) is 3.37. The highest BCUT2D eigenvalue weighted by Gasteiger charge is 2.38. The minimum atomic E-state index is -1.20. The molecule has 5 nitrogen and oxygen atoms in total. The van der Waals surface area contributed by atoms with E-state index in [4.69, 9.17) is 0 Å². The molecule has 1 heterocycles. The third kappa shape index (κ3) is 4.17. The third-order valence-corrected chi connectivity index (χ3v) is 4.78. The first-order valence-electron chi connectivity index (χ1n) is 8.78. The second kappa shape index (κ2) is 7.66. The summed E-state index contributed by atoms with van der Waals surface area (Å²) in [5.41, 5.74) is 0.944. The Morgan fingerprint density at radius 3 is 2.64 bits per heavy atom. The van der Waals surface area contributed by atoms with Gasteiger partial charge in [0.25, 0.3) is 5.91 Å². The molecule has 0 saturated heterocycles. The van der Waals surface area contributed by atoms with E-state index < -0.39 is 5.60 Å². The van der Waals surface area contributed by atoms with Crippen LogP contribution in [0.1, 0.15) is 36.8 Å². The highest BCUT2D eigenvalue weighted by molar-refractivity contribution is 5.85. The molecule has 1 aromatic heterocycles. The lowest BCUT2D eigenvalue weighted by Gasteiger charge is -2.23. The van der Waals surface area contributed by atoms with Crippen LogP contribution in [-0.2, 0) is 17.9 Å². The number of nitrogens with one attached hydrogen (secondary N) is 1. The maximum atomic E-state index is 12.3. The minimum Gasteiger partial charge on any atom is -0.380 e. The number of anilines is 1. The summed E-state index contributed by atoms with van der Waals surface area (Å²) in [6.45, 7) is 1.10. The standard InChI is InChI=1S/C20H25N3O2/c1-23(15-16-8-3-2-4-9-16)18-17(10-7-13-21-18)14-22-19(24)20(25)11-5-6-12-20/h2-4,7-10,13,25H,5-6,11-12,14-15H2,1H3,(H,22,24). The zero-order valence-electron chi connectivity index (χ0n) is 14.6. The number of amides is 1. The molecule has 132 valence electrons. The van der Waals surface area contributed by atoms with Crippen molar-refractivity contribution in [3.8, 4) is 0 Å². The average molecular weight is 339 g/mol. The van der Waals surface area contributed by atoms with Gasteiger partial charge in [-0.2, -0.15) is 0 Å². The predicted octanol–water partition coefficient (Wildman–Crippen LogP) is 2.64. The highest BCUT2D eigenvalue weighted by Crippen LogP contribution is 2.29. The molecule has 1 aliphatic rings. The monoisotopic (exact) mass is 339 g/mol. The number of rotatable bonds is 6. The normalized spacial score (nSPS) is 15.8. The van der Waals surface area contributed by atoms with Gasteiger partial charge >= 0.3 is 0 Å². The smallest absolute Gasteiger partial charge is 0.252 e. The molecule has 0 unspecified atom stereocenters. The van der Waals surface area contributed by atoms with Crippen molar-refractivity contribution in [3.05, 3.63) is 59.8 Å². The molecule has 0 atom stereocenters. The molecule has 0 spiro atoms. The molecule has 25 heavy (non-hydrogen) atoms. The zero-order valence-corrected chi connectivity index (χ0v) is 14.6. The summed E-state index contributed by atoms with van der Waals surface area (Å²) in [7, 11) is 1.99. The van der Waals surface area contributed by atoms with Crippen molar-refractivity contribution in [1.82, 2.24) is 10.3 Å². The van der Waals surface area contributed by atoms with Crippen LogP contribution >= 0.6 is 0 Å². The van der Waals surface area contributed by atoms with Gasteiger partial charge in [0.2, 0.25) is 0 Å². The molecule has 1 saturated carbocycles. The van der Waals surface area contributed by atoms with Gasteiger partial charge < -0.3 is 15.3 Å². The molecule has 0 aliphatic heterocycles. The first kappa shape index (κ1) is 17.4. The summed E-state index contributed by atoms with van der Waals surface area (Å²) in [6.07, 6.45) is 4.66. The zero-order chi connectivity index (χ0) is 17.7. The number of aromatic nitrogens is 1. The first-order valence-corrected chi connectivity index (χ1v) is 8.78. The van der Waals surface area contributed by atoms with Crippen molar-refractivity contribution < 1.29 is 9.90 Å². The second-order valence-electron chi connectivity index (χ2n) is 6.75. The Balaban J connectivity index is 1.67. The molecule has 0 radical (unpaired) electrons. The largest absolute Gasteiger partial charge is 0.380 e. The van der Waals surface area contributed by atoms with Gasteiger partial charge in [0.05, 0.1) is 0 Å². The van der Waals surface area contributed by atoms with E-state index in [2.05, 4.69) is 27.3 Å². The number of hydrogen-bond donors (Lipinski definition) is 2. The Hall–Kier alpha value is -2.40. The summed E-state index contributed by atoms with van der Waals surface area (Å²) in [5.74, 6) is 0.565. The van der Waals surface area contributed by atoms with Crippen molar-refractivity contribution in [2.45, 2.75) is 44.4 Å². The molecule has 1 amide bonds. The summed E-state index contributed by atoms with van der Waals surface area (Å²) < 4.78 is 0. The summed E-state index contributed by atoms with van der Waals surface area (Å²) in [5, 5.41) is 13.3. The van der Waals surface area contributed by atoms with Crippen molar-refractivity contribution in [3.63, 3.8) is 0 Å². The van der Waals surface area contributed by atoms with Gasteiger partial charge in [-0.1, -0.05) is 36.4 Å². The number of carbonyl (C=O) groups excluding carboxylic acids is 1. The van der Waals surface area contributed by atoms with Crippen LogP contribution in [0.5, 0.6) is 0 Å². The number of aliphatic hydroxyl groups is 1. The lowest BCUT2D eigenvalue weighted by Crippen LogP contribution is -2.44. The van der Waals surface area contributed by atoms with E-state index in [0.717, 1.165) is 30.8 Å². The van der Waals surface area contributed by atoms with E-state index in [0.29, 0.717) is 19.4 Å². The molecule has 0 bridgehead atoms. The van der Waals surface area contributed by atoms with Crippen LogP contribution in [0.25, 0.3) is 0 Å². The van der Waals surface area contributed by atoms with Gasteiger partial charge in [-0.3, -0.25) is 4.79 Å². The molecule has 2 aromatic rings. The average Bonchev–Trinajstić information content (AvgIpc) is 3.08. The van der Waals surface area contributed by atoms with Gasteiger partial charge in [0, 0.05) is 31.9 Å². The molecule has 5 heteroatoms. The molecule has 1 aliphatic carbocycles. The van der Waals surface area contributed by atoms with Crippen LogP contribution in [0, 0.1) is 0 Å². The molecular formula is C20H25N3O2. The first-order chi connectivity index (χ1) is 12.1. The Kier molecular flexibility index (Phi) is 5.34. The minimum absolute atomic E-state index is 0.273. The van der Waals surface area contributed by atoms with Crippen molar-refractivity contribution in [1.29, 1.82) is 0 Å². The van der Waals surface area contributed by atoms with E-state index in [1.807, 2.05) is 37.4 Å². The fourth-order valence-electron chi connectivity index (χ4n) is 3.37. The highest BCUT2D eigenvalue weighted by atomic mass is 16.3. The Labute approximate surface area is 148 Å². The van der Waals surface area contributed by atoms with Crippen molar-refractivity contribution in [2.24, 2.45) is 0 Å². The molecule has 2 N–H and O–H groups in total. The fraction of sp³-hybridized carbons (Fsp3) is 0.400. The maximum absolute atomic E-state index is 12.3. The third-order valence-electron chi connectivity index (χ3n) is 4.78. The van der Waals surface area contributed by atoms with Crippen LogP contribution in [0.15, 0.2) is 48.7 Å². The van der Waals surface area contributed by atoms with Gasteiger partial charge in [-0.15, -0.1) is 0 Å². The molecule has 3 rings (SSSR count). The van der Waals surface area contributed by atoms with E-state index in [9.17, 15) is 9.90 Å². The van der Waals surface area contributed by atoms with Gasteiger partial charge in [-0.25, -0.2) is 4.98 Å². The summed E-state index contributed by atoms with van der Waals surface area (Å²) in [4.78, 5) is 18.9. The Morgan fingerprint density at radius 2 is 1.92 bits per heavy atom. The van der Waals surface area contributed by atoms with E-state index in [1.165, 1.54) is 5.56 Å².